The molecule has 0 saturated carbocycles. The van der Waals surface area contributed by atoms with Crippen LogP contribution in [0.1, 0.15) is 51.6 Å². The molecular weight excluding hydrogens is 408 g/mol. The van der Waals surface area contributed by atoms with Crippen LogP contribution in [0.5, 0.6) is 5.75 Å². The normalized spacial score (nSPS) is 14.0. The molecule has 0 atom stereocenters. The maximum atomic E-state index is 12.8. The number of amides is 2. The summed E-state index contributed by atoms with van der Waals surface area (Å²) in [5.74, 6) is 0.539. The third-order valence-corrected chi connectivity index (χ3v) is 5.79. The second kappa shape index (κ2) is 10.8. The molecule has 2 aromatic carbocycles. The van der Waals surface area contributed by atoms with Crippen molar-refractivity contribution in [2.45, 2.75) is 33.6 Å². The zero-order chi connectivity index (χ0) is 23.1. The monoisotopic (exact) mass is 438 g/mol. The van der Waals surface area contributed by atoms with E-state index in [1.165, 1.54) is 5.56 Å². The van der Waals surface area contributed by atoms with Crippen LogP contribution in [-0.4, -0.2) is 49.1 Å². The molecule has 1 fully saturated rings. The molecule has 170 valence electrons. The lowest BCUT2D eigenvalue weighted by atomic mass is 9.95. The molecule has 2 aromatic rings. The molecule has 32 heavy (non-hydrogen) atoms. The van der Waals surface area contributed by atoms with Crippen molar-refractivity contribution >= 4 is 18.0 Å². The molecule has 0 spiro atoms. The topological polar surface area (TPSA) is 84.9 Å². The molecule has 0 bridgehead atoms. The van der Waals surface area contributed by atoms with Crippen molar-refractivity contribution < 1.29 is 23.9 Å². The second-order valence-corrected chi connectivity index (χ2v) is 8.05. The Morgan fingerprint density at radius 1 is 0.969 bits per heavy atom. The first-order chi connectivity index (χ1) is 15.4. The van der Waals surface area contributed by atoms with Gasteiger partial charge in [0.25, 0.3) is 11.8 Å². The van der Waals surface area contributed by atoms with Gasteiger partial charge in [0, 0.05) is 30.8 Å². The molecule has 0 unspecified atom stereocenters. The lowest BCUT2D eigenvalue weighted by Gasteiger charge is -2.32. The summed E-state index contributed by atoms with van der Waals surface area (Å²) in [6.45, 7) is 7.92. The molecule has 2 amide bonds. The van der Waals surface area contributed by atoms with Crippen molar-refractivity contribution in [1.82, 2.24) is 10.2 Å². The Hall–Kier alpha value is -3.35. The summed E-state index contributed by atoms with van der Waals surface area (Å²) < 4.78 is 9.71. The van der Waals surface area contributed by atoms with Gasteiger partial charge in [0.05, 0.1) is 6.61 Å². The van der Waals surface area contributed by atoms with Gasteiger partial charge in [0.15, 0.2) is 0 Å². The van der Waals surface area contributed by atoms with Crippen molar-refractivity contribution in [3.63, 3.8) is 0 Å². The first-order valence-corrected chi connectivity index (χ1v) is 11.0. The number of nitrogens with one attached hydrogen (secondary N) is 1. The quantitative estimate of drug-likeness (QED) is 0.542. The number of ether oxygens (including phenoxy) is 2. The van der Waals surface area contributed by atoms with Crippen molar-refractivity contribution in [3.05, 3.63) is 64.7 Å². The Kier molecular flexibility index (Phi) is 7.87. The highest BCUT2D eigenvalue weighted by atomic mass is 16.7. The number of carbonyl (C=O) groups excluding carboxylic acids is 3. The smallest absolute Gasteiger partial charge is 0.434 e. The van der Waals surface area contributed by atoms with Crippen LogP contribution >= 0.6 is 0 Å². The molecule has 1 aliphatic heterocycles. The second-order valence-electron chi connectivity index (χ2n) is 8.05. The fourth-order valence-corrected chi connectivity index (χ4v) is 3.65. The lowest BCUT2D eigenvalue weighted by molar-refractivity contribution is 0.0684. The lowest BCUT2D eigenvalue weighted by Crippen LogP contribution is -2.41. The number of aryl methyl sites for hydroxylation is 2. The van der Waals surface area contributed by atoms with Gasteiger partial charge in [-0.3, -0.25) is 9.59 Å². The van der Waals surface area contributed by atoms with Crippen LogP contribution in [-0.2, 0) is 4.74 Å². The number of nitrogens with zero attached hydrogens (tertiary/aromatic N) is 1. The minimum Gasteiger partial charge on any atom is -0.434 e. The molecule has 7 nitrogen and oxygen atoms in total. The summed E-state index contributed by atoms with van der Waals surface area (Å²) in [4.78, 5) is 38.4. The Morgan fingerprint density at radius 2 is 1.62 bits per heavy atom. The Morgan fingerprint density at radius 3 is 2.25 bits per heavy atom. The van der Waals surface area contributed by atoms with E-state index >= 15 is 0 Å². The van der Waals surface area contributed by atoms with Gasteiger partial charge in [0.2, 0.25) is 0 Å². The number of carbonyl (C=O) groups is 3. The highest BCUT2D eigenvalue weighted by Crippen LogP contribution is 2.20. The van der Waals surface area contributed by atoms with Gasteiger partial charge in [-0.2, -0.15) is 0 Å². The molecule has 1 N–H and O–H groups in total. The average molecular weight is 439 g/mol. The van der Waals surface area contributed by atoms with Crippen molar-refractivity contribution in [2.75, 3.05) is 26.2 Å². The van der Waals surface area contributed by atoms with E-state index in [4.69, 9.17) is 9.47 Å². The average Bonchev–Trinajstić information content (AvgIpc) is 2.80. The number of piperidine rings is 1. The summed E-state index contributed by atoms with van der Waals surface area (Å²) in [7, 11) is 0. The van der Waals surface area contributed by atoms with E-state index in [0.717, 1.165) is 24.0 Å². The third-order valence-electron chi connectivity index (χ3n) is 5.79. The largest absolute Gasteiger partial charge is 0.513 e. The summed E-state index contributed by atoms with van der Waals surface area (Å²) in [6.07, 6.45) is 0.929. The first-order valence-electron chi connectivity index (χ1n) is 11.0. The minimum absolute atomic E-state index is 0.0701. The fourth-order valence-electron chi connectivity index (χ4n) is 3.65. The van der Waals surface area contributed by atoms with E-state index in [2.05, 4.69) is 5.32 Å². The van der Waals surface area contributed by atoms with Crippen molar-refractivity contribution in [3.8, 4) is 5.75 Å². The van der Waals surface area contributed by atoms with Gasteiger partial charge >= 0.3 is 6.16 Å². The van der Waals surface area contributed by atoms with Gasteiger partial charge in [0.1, 0.15) is 5.75 Å². The van der Waals surface area contributed by atoms with Crippen LogP contribution in [0.4, 0.5) is 4.79 Å². The van der Waals surface area contributed by atoms with E-state index in [-0.39, 0.29) is 18.4 Å². The molecule has 1 saturated heterocycles. The Labute approximate surface area is 188 Å². The van der Waals surface area contributed by atoms with Crippen LogP contribution < -0.4 is 10.1 Å². The maximum Gasteiger partial charge on any atom is 0.513 e. The number of hydrogen-bond acceptors (Lipinski definition) is 5. The number of likely N-dealkylation sites (tertiary alicyclic amines) is 1. The maximum absolute atomic E-state index is 12.8. The van der Waals surface area contributed by atoms with E-state index < -0.39 is 6.16 Å². The predicted molar refractivity (Wildman–Crippen MR) is 121 cm³/mol. The number of hydrogen-bond donors (Lipinski definition) is 1. The molecule has 3 rings (SSSR count). The van der Waals surface area contributed by atoms with E-state index in [1.807, 2.05) is 36.9 Å². The highest BCUT2D eigenvalue weighted by Gasteiger charge is 2.24. The van der Waals surface area contributed by atoms with Gasteiger partial charge in [-0.1, -0.05) is 6.07 Å². The zero-order valence-corrected chi connectivity index (χ0v) is 18.8. The minimum atomic E-state index is -0.771. The van der Waals surface area contributed by atoms with E-state index in [0.29, 0.717) is 36.9 Å². The molecular formula is C25H30N2O5. The summed E-state index contributed by atoms with van der Waals surface area (Å²) >= 11 is 0. The standard InChI is InChI=1S/C25H30N2O5/c1-4-31-25(30)32-22-9-7-20(8-10-22)23(28)26-16-19-11-13-27(14-12-19)24(29)21-6-5-17(2)18(3)15-21/h5-10,15,19H,4,11-14,16H2,1-3H3,(H,26,28). The SMILES string of the molecule is CCOC(=O)Oc1ccc(C(=O)NCC2CCN(C(=O)c3ccc(C)c(C)c3)CC2)cc1. The Balaban J connectivity index is 1.44. The molecule has 0 aromatic heterocycles. The molecule has 7 heteroatoms. The highest BCUT2D eigenvalue weighted by molar-refractivity contribution is 5.95. The van der Waals surface area contributed by atoms with Crippen LogP contribution in [0.2, 0.25) is 0 Å². The van der Waals surface area contributed by atoms with Gasteiger partial charge < -0.3 is 19.7 Å². The summed E-state index contributed by atoms with van der Waals surface area (Å²) in [6, 6.07) is 12.2. The molecule has 1 heterocycles. The van der Waals surface area contributed by atoms with E-state index in [9.17, 15) is 14.4 Å². The van der Waals surface area contributed by atoms with Crippen LogP contribution in [0.25, 0.3) is 0 Å². The number of rotatable bonds is 6. The van der Waals surface area contributed by atoms with Gasteiger partial charge in [-0.15, -0.1) is 0 Å². The first kappa shape index (κ1) is 23.3. The molecule has 1 aliphatic rings. The van der Waals surface area contributed by atoms with Crippen LogP contribution in [0.15, 0.2) is 42.5 Å². The molecule has 0 radical (unpaired) electrons. The predicted octanol–water partition coefficient (Wildman–Crippen LogP) is 4.12. The summed E-state index contributed by atoms with van der Waals surface area (Å²) in [5.41, 5.74) is 3.52. The Bertz CT molecular complexity index is 963. The van der Waals surface area contributed by atoms with Crippen LogP contribution in [0.3, 0.4) is 0 Å². The van der Waals surface area contributed by atoms with E-state index in [1.54, 1.807) is 31.2 Å². The van der Waals surface area contributed by atoms with Crippen molar-refractivity contribution in [2.24, 2.45) is 5.92 Å². The van der Waals surface area contributed by atoms with Crippen molar-refractivity contribution in [1.29, 1.82) is 0 Å². The number of benzene rings is 2. The summed E-state index contributed by atoms with van der Waals surface area (Å²) in [5, 5.41) is 2.96. The third kappa shape index (κ3) is 6.09. The van der Waals surface area contributed by atoms with Gasteiger partial charge in [-0.25, -0.2) is 4.79 Å². The zero-order valence-electron chi connectivity index (χ0n) is 18.8. The fraction of sp³-hybridized carbons (Fsp3) is 0.400. The van der Waals surface area contributed by atoms with Crippen LogP contribution in [0, 0.1) is 19.8 Å². The molecule has 0 aliphatic carbocycles. The van der Waals surface area contributed by atoms with Gasteiger partial charge in [-0.05, 0) is 87.1 Å².